The van der Waals surface area contributed by atoms with E-state index in [2.05, 4.69) is 10.3 Å². The van der Waals surface area contributed by atoms with Gasteiger partial charge in [0.25, 0.3) is 5.91 Å². The monoisotopic (exact) mass is 262 g/mol. The van der Waals surface area contributed by atoms with Crippen LogP contribution >= 0.6 is 11.6 Å². The van der Waals surface area contributed by atoms with Gasteiger partial charge in [0, 0.05) is 22.6 Å². The third kappa shape index (κ3) is 2.70. The van der Waals surface area contributed by atoms with Crippen molar-refractivity contribution in [2.24, 2.45) is 0 Å². The molecule has 1 heterocycles. The highest BCUT2D eigenvalue weighted by molar-refractivity contribution is 6.30. The van der Waals surface area contributed by atoms with Crippen molar-refractivity contribution in [2.45, 2.75) is 0 Å². The molecule has 0 unspecified atom stereocenters. The van der Waals surface area contributed by atoms with Crippen molar-refractivity contribution >= 4 is 34.7 Å². The molecule has 1 aromatic carbocycles. The first-order valence-electron chi connectivity index (χ1n) is 5.14. The van der Waals surface area contributed by atoms with Gasteiger partial charge in [0.2, 0.25) is 0 Å². The van der Waals surface area contributed by atoms with E-state index in [0.717, 1.165) is 0 Å². The topological polar surface area (TPSA) is 94.0 Å². The molecular formula is C12H11ClN4O. The summed E-state index contributed by atoms with van der Waals surface area (Å²) in [6.07, 6.45) is 1.50. The molecule has 0 bridgehead atoms. The Kier molecular flexibility index (Phi) is 3.34. The number of rotatable bonds is 2. The van der Waals surface area contributed by atoms with Crippen LogP contribution in [-0.2, 0) is 0 Å². The van der Waals surface area contributed by atoms with E-state index in [-0.39, 0.29) is 5.91 Å². The zero-order valence-corrected chi connectivity index (χ0v) is 10.1. The summed E-state index contributed by atoms with van der Waals surface area (Å²) in [4.78, 5) is 15.9. The second-order valence-electron chi connectivity index (χ2n) is 3.66. The fourth-order valence-corrected chi connectivity index (χ4v) is 1.60. The normalized spacial score (nSPS) is 10.1. The second-order valence-corrected chi connectivity index (χ2v) is 4.10. The van der Waals surface area contributed by atoms with E-state index in [4.69, 9.17) is 23.1 Å². The molecule has 5 nitrogen and oxygen atoms in total. The van der Waals surface area contributed by atoms with Gasteiger partial charge in [0.1, 0.15) is 5.82 Å². The van der Waals surface area contributed by atoms with Gasteiger partial charge in [0.05, 0.1) is 5.56 Å². The SMILES string of the molecule is Nc1ccc(C(=O)Nc2cc(Cl)ccn2)c(N)c1. The Balaban J connectivity index is 2.22. The van der Waals surface area contributed by atoms with Crippen LogP contribution in [0.3, 0.4) is 0 Å². The Morgan fingerprint density at radius 2 is 2.00 bits per heavy atom. The number of amides is 1. The summed E-state index contributed by atoms with van der Waals surface area (Å²) < 4.78 is 0. The van der Waals surface area contributed by atoms with Gasteiger partial charge in [-0.3, -0.25) is 4.79 Å². The van der Waals surface area contributed by atoms with E-state index in [1.807, 2.05) is 0 Å². The van der Waals surface area contributed by atoms with Crippen molar-refractivity contribution in [3.8, 4) is 0 Å². The highest BCUT2D eigenvalue weighted by atomic mass is 35.5. The highest BCUT2D eigenvalue weighted by Crippen LogP contribution is 2.18. The number of nitrogens with two attached hydrogens (primary N) is 2. The van der Waals surface area contributed by atoms with Gasteiger partial charge in [-0.25, -0.2) is 4.98 Å². The van der Waals surface area contributed by atoms with Crippen LogP contribution in [0, 0.1) is 0 Å². The lowest BCUT2D eigenvalue weighted by Crippen LogP contribution is -2.15. The van der Waals surface area contributed by atoms with Crippen LogP contribution in [0.4, 0.5) is 17.2 Å². The van der Waals surface area contributed by atoms with Crippen LogP contribution in [0.1, 0.15) is 10.4 Å². The van der Waals surface area contributed by atoms with Gasteiger partial charge in [-0.2, -0.15) is 0 Å². The number of nitrogens with one attached hydrogen (secondary N) is 1. The van der Waals surface area contributed by atoms with Crippen molar-refractivity contribution < 1.29 is 4.79 Å². The number of hydrogen-bond acceptors (Lipinski definition) is 4. The summed E-state index contributed by atoms with van der Waals surface area (Å²) in [5, 5.41) is 3.10. The molecule has 6 heteroatoms. The third-order valence-electron chi connectivity index (χ3n) is 2.28. The third-order valence-corrected chi connectivity index (χ3v) is 2.52. The maximum absolute atomic E-state index is 11.9. The fourth-order valence-electron chi connectivity index (χ4n) is 1.44. The Morgan fingerprint density at radius 1 is 1.22 bits per heavy atom. The lowest BCUT2D eigenvalue weighted by atomic mass is 10.1. The minimum atomic E-state index is -0.359. The molecule has 18 heavy (non-hydrogen) atoms. The standard InChI is InChI=1S/C12H11ClN4O/c13-7-3-4-16-11(5-7)17-12(18)9-2-1-8(14)6-10(9)15/h1-6H,14-15H2,(H,16,17,18). The Morgan fingerprint density at radius 3 is 2.67 bits per heavy atom. The smallest absolute Gasteiger partial charge is 0.258 e. The summed E-state index contributed by atoms with van der Waals surface area (Å²) in [6, 6.07) is 7.86. The quantitative estimate of drug-likeness (QED) is 0.723. The average Bonchev–Trinajstić information content (AvgIpc) is 2.28. The summed E-state index contributed by atoms with van der Waals surface area (Å²) in [5.74, 6) is 0.00555. The first-order valence-corrected chi connectivity index (χ1v) is 5.52. The minimum absolute atomic E-state index is 0.314. The van der Waals surface area contributed by atoms with Crippen molar-refractivity contribution in [2.75, 3.05) is 16.8 Å². The van der Waals surface area contributed by atoms with Gasteiger partial charge in [-0.15, -0.1) is 0 Å². The number of anilines is 3. The summed E-state index contributed by atoms with van der Waals surface area (Å²) >= 11 is 5.79. The number of halogens is 1. The lowest BCUT2D eigenvalue weighted by Gasteiger charge is -2.07. The lowest BCUT2D eigenvalue weighted by molar-refractivity contribution is 0.102. The Hall–Kier alpha value is -2.27. The molecule has 0 spiro atoms. The van der Waals surface area contributed by atoms with Crippen LogP contribution in [0.2, 0.25) is 5.02 Å². The van der Waals surface area contributed by atoms with E-state index < -0.39 is 0 Å². The summed E-state index contributed by atoms with van der Waals surface area (Å²) in [5.41, 5.74) is 12.4. The Bertz CT molecular complexity index is 600. The van der Waals surface area contributed by atoms with E-state index >= 15 is 0 Å². The number of nitrogen functional groups attached to an aromatic ring is 2. The predicted octanol–water partition coefficient (Wildman–Crippen LogP) is 2.15. The first kappa shape index (κ1) is 12.2. The molecule has 2 aromatic rings. The molecule has 1 aromatic heterocycles. The largest absolute Gasteiger partial charge is 0.399 e. The number of carbonyl (C=O) groups excluding carboxylic acids is 1. The number of pyridine rings is 1. The fraction of sp³-hybridized carbons (Fsp3) is 0. The van der Waals surface area contributed by atoms with Gasteiger partial charge in [0.15, 0.2) is 0 Å². The van der Waals surface area contributed by atoms with Gasteiger partial charge in [-0.1, -0.05) is 11.6 Å². The van der Waals surface area contributed by atoms with Crippen molar-refractivity contribution in [1.29, 1.82) is 0 Å². The summed E-state index contributed by atoms with van der Waals surface area (Å²) in [7, 11) is 0. The maximum Gasteiger partial charge on any atom is 0.258 e. The number of aromatic nitrogens is 1. The van der Waals surface area contributed by atoms with Crippen molar-refractivity contribution in [3.63, 3.8) is 0 Å². The van der Waals surface area contributed by atoms with E-state index in [0.29, 0.717) is 27.8 Å². The average molecular weight is 263 g/mol. The molecular weight excluding hydrogens is 252 g/mol. The zero-order chi connectivity index (χ0) is 13.1. The van der Waals surface area contributed by atoms with Crippen molar-refractivity contribution in [1.82, 2.24) is 4.98 Å². The molecule has 0 fully saturated rings. The molecule has 5 N–H and O–H groups in total. The molecule has 0 saturated heterocycles. The minimum Gasteiger partial charge on any atom is -0.399 e. The van der Waals surface area contributed by atoms with Gasteiger partial charge >= 0.3 is 0 Å². The molecule has 0 radical (unpaired) electrons. The zero-order valence-electron chi connectivity index (χ0n) is 9.35. The summed E-state index contributed by atoms with van der Waals surface area (Å²) in [6.45, 7) is 0. The second kappa shape index (κ2) is 4.93. The molecule has 92 valence electrons. The molecule has 1 amide bonds. The molecule has 0 aliphatic rings. The van der Waals surface area contributed by atoms with E-state index in [1.54, 1.807) is 24.3 Å². The number of nitrogens with zero attached hydrogens (tertiary/aromatic N) is 1. The van der Waals surface area contributed by atoms with Crippen LogP contribution in [-0.4, -0.2) is 10.9 Å². The maximum atomic E-state index is 11.9. The number of carbonyl (C=O) groups is 1. The number of hydrogen-bond donors (Lipinski definition) is 3. The number of benzene rings is 1. The van der Waals surface area contributed by atoms with Crippen LogP contribution in [0.15, 0.2) is 36.5 Å². The molecule has 0 aliphatic carbocycles. The molecule has 0 saturated carbocycles. The van der Waals surface area contributed by atoms with Gasteiger partial charge < -0.3 is 16.8 Å². The highest BCUT2D eigenvalue weighted by Gasteiger charge is 2.10. The van der Waals surface area contributed by atoms with Crippen LogP contribution < -0.4 is 16.8 Å². The van der Waals surface area contributed by atoms with E-state index in [1.165, 1.54) is 12.3 Å². The van der Waals surface area contributed by atoms with E-state index in [9.17, 15) is 4.79 Å². The predicted molar refractivity (Wildman–Crippen MR) is 72.5 cm³/mol. The Labute approximate surface area is 109 Å². The first-order chi connectivity index (χ1) is 8.56. The molecule has 0 atom stereocenters. The van der Waals surface area contributed by atoms with Crippen LogP contribution in [0.5, 0.6) is 0 Å². The molecule has 0 aliphatic heterocycles. The van der Waals surface area contributed by atoms with Crippen LogP contribution in [0.25, 0.3) is 0 Å². The molecule has 2 rings (SSSR count). The van der Waals surface area contributed by atoms with Gasteiger partial charge in [-0.05, 0) is 30.3 Å². The van der Waals surface area contributed by atoms with Crippen molar-refractivity contribution in [3.05, 3.63) is 47.1 Å².